The lowest BCUT2D eigenvalue weighted by molar-refractivity contribution is 0.417. The first-order valence-electron chi connectivity index (χ1n) is 7.81. The van der Waals surface area contributed by atoms with Crippen LogP contribution in [-0.4, -0.2) is 28.3 Å². The second-order valence-electron chi connectivity index (χ2n) is 5.61. The molecule has 1 aliphatic carbocycles. The molecule has 23 heavy (non-hydrogen) atoms. The van der Waals surface area contributed by atoms with Crippen LogP contribution in [0, 0.1) is 0 Å². The van der Waals surface area contributed by atoms with Gasteiger partial charge in [0.25, 0.3) is 0 Å². The van der Waals surface area contributed by atoms with Gasteiger partial charge in [0.15, 0.2) is 5.82 Å². The van der Waals surface area contributed by atoms with E-state index in [0.717, 1.165) is 18.5 Å². The Morgan fingerprint density at radius 1 is 1.22 bits per heavy atom. The van der Waals surface area contributed by atoms with Crippen LogP contribution in [0.4, 0.5) is 17.5 Å². The van der Waals surface area contributed by atoms with Crippen molar-refractivity contribution in [1.82, 2.24) is 15.2 Å². The zero-order valence-electron chi connectivity index (χ0n) is 13.1. The van der Waals surface area contributed by atoms with Gasteiger partial charge in [-0.1, -0.05) is 30.9 Å². The molecule has 0 unspecified atom stereocenters. The second-order valence-corrected chi connectivity index (χ2v) is 6.05. The van der Waals surface area contributed by atoms with E-state index in [1.165, 1.54) is 19.3 Å². The van der Waals surface area contributed by atoms with Crippen molar-refractivity contribution >= 4 is 29.1 Å². The van der Waals surface area contributed by atoms with Crippen molar-refractivity contribution < 1.29 is 4.74 Å². The van der Waals surface area contributed by atoms with E-state index in [1.807, 2.05) is 0 Å². The molecule has 1 aromatic carbocycles. The van der Waals surface area contributed by atoms with E-state index in [-0.39, 0.29) is 0 Å². The maximum absolute atomic E-state index is 6.04. The normalized spacial score (nSPS) is 15.2. The van der Waals surface area contributed by atoms with Gasteiger partial charge in [-0.2, -0.15) is 10.1 Å². The van der Waals surface area contributed by atoms with Crippen LogP contribution >= 0.6 is 11.6 Å². The summed E-state index contributed by atoms with van der Waals surface area (Å²) >= 11 is 6.04. The Labute approximate surface area is 140 Å². The number of rotatable bonds is 5. The third-order valence-corrected chi connectivity index (χ3v) is 4.16. The minimum Gasteiger partial charge on any atom is -0.495 e. The number of anilines is 3. The van der Waals surface area contributed by atoms with Gasteiger partial charge in [0.1, 0.15) is 5.75 Å². The summed E-state index contributed by atoms with van der Waals surface area (Å²) < 4.78 is 5.32. The van der Waals surface area contributed by atoms with Crippen molar-refractivity contribution in [2.75, 3.05) is 17.7 Å². The molecule has 1 aromatic heterocycles. The molecule has 0 spiro atoms. The van der Waals surface area contributed by atoms with Crippen LogP contribution in [0.3, 0.4) is 0 Å². The number of aromatic nitrogens is 3. The standard InChI is InChI=1S/C16H20ClN5O/c1-23-14-8-7-11(17)9-13(14)20-15-10-18-22-16(21-15)19-12-5-3-2-4-6-12/h7-10,12H,2-6H2,1H3,(H2,19,20,21,22). The summed E-state index contributed by atoms with van der Waals surface area (Å²) in [5.41, 5.74) is 0.740. The third kappa shape index (κ3) is 4.22. The fourth-order valence-electron chi connectivity index (χ4n) is 2.77. The number of methoxy groups -OCH3 is 1. The zero-order chi connectivity index (χ0) is 16.1. The van der Waals surface area contributed by atoms with Gasteiger partial charge in [-0.05, 0) is 31.0 Å². The lowest BCUT2D eigenvalue weighted by Crippen LogP contribution is -2.23. The third-order valence-electron chi connectivity index (χ3n) is 3.92. The predicted molar refractivity (Wildman–Crippen MR) is 91.6 cm³/mol. The molecule has 2 aromatic rings. The summed E-state index contributed by atoms with van der Waals surface area (Å²) in [5, 5.41) is 15.2. The first kappa shape index (κ1) is 15.8. The largest absolute Gasteiger partial charge is 0.495 e. The maximum Gasteiger partial charge on any atom is 0.244 e. The van der Waals surface area contributed by atoms with Crippen LogP contribution in [0.1, 0.15) is 32.1 Å². The lowest BCUT2D eigenvalue weighted by Gasteiger charge is -2.22. The monoisotopic (exact) mass is 333 g/mol. The molecule has 2 N–H and O–H groups in total. The molecule has 1 heterocycles. The van der Waals surface area contributed by atoms with E-state index in [9.17, 15) is 0 Å². The van der Waals surface area contributed by atoms with Crippen LogP contribution in [0.25, 0.3) is 0 Å². The summed E-state index contributed by atoms with van der Waals surface area (Å²) in [5.74, 6) is 1.83. The molecule has 0 amide bonds. The minimum atomic E-state index is 0.432. The highest BCUT2D eigenvalue weighted by atomic mass is 35.5. The molecule has 3 rings (SSSR count). The second kappa shape index (κ2) is 7.46. The van der Waals surface area contributed by atoms with Crippen molar-refractivity contribution in [2.24, 2.45) is 0 Å². The van der Waals surface area contributed by atoms with Gasteiger partial charge in [-0.15, -0.1) is 5.10 Å². The zero-order valence-corrected chi connectivity index (χ0v) is 13.8. The molecular formula is C16H20ClN5O. The SMILES string of the molecule is COc1ccc(Cl)cc1Nc1cnnc(NC2CCCCC2)n1. The minimum absolute atomic E-state index is 0.432. The van der Waals surface area contributed by atoms with Gasteiger partial charge in [0.05, 0.1) is 19.0 Å². The summed E-state index contributed by atoms with van der Waals surface area (Å²) in [6.45, 7) is 0. The highest BCUT2D eigenvalue weighted by molar-refractivity contribution is 6.31. The molecule has 0 saturated heterocycles. The van der Waals surface area contributed by atoms with E-state index in [1.54, 1.807) is 31.5 Å². The van der Waals surface area contributed by atoms with Crippen LogP contribution in [0.5, 0.6) is 5.75 Å². The highest BCUT2D eigenvalue weighted by Crippen LogP contribution is 2.30. The van der Waals surface area contributed by atoms with Crippen LogP contribution in [-0.2, 0) is 0 Å². The molecule has 0 bridgehead atoms. The van der Waals surface area contributed by atoms with Gasteiger partial charge < -0.3 is 15.4 Å². The van der Waals surface area contributed by atoms with Crippen molar-refractivity contribution in [3.63, 3.8) is 0 Å². The summed E-state index contributed by atoms with van der Waals surface area (Å²) in [6.07, 6.45) is 7.71. The molecule has 0 aliphatic heterocycles. The molecule has 1 aliphatic rings. The Balaban J connectivity index is 1.73. The Morgan fingerprint density at radius 3 is 2.83 bits per heavy atom. The molecular weight excluding hydrogens is 314 g/mol. The summed E-state index contributed by atoms with van der Waals surface area (Å²) in [7, 11) is 1.61. The summed E-state index contributed by atoms with van der Waals surface area (Å²) in [4.78, 5) is 4.47. The smallest absolute Gasteiger partial charge is 0.244 e. The summed E-state index contributed by atoms with van der Waals surface area (Å²) in [6, 6.07) is 5.80. The molecule has 1 saturated carbocycles. The fraction of sp³-hybridized carbons (Fsp3) is 0.438. The number of nitrogens with zero attached hydrogens (tertiary/aromatic N) is 3. The Morgan fingerprint density at radius 2 is 2.04 bits per heavy atom. The van der Waals surface area contributed by atoms with E-state index in [0.29, 0.717) is 28.6 Å². The Bertz CT molecular complexity index is 661. The number of hydrogen-bond donors (Lipinski definition) is 2. The van der Waals surface area contributed by atoms with Crippen LogP contribution in [0.15, 0.2) is 24.4 Å². The number of benzene rings is 1. The first-order chi connectivity index (χ1) is 11.2. The predicted octanol–water partition coefficient (Wildman–Crippen LogP) is 4.02. The molecule has 7 heteroatoms. The number of halogens is 1. The van der Waals surface area contributed by atoms with E-state index < -0.39 is 0 Å². The average Bonchev–Trinajstić information content (AvgIpc) is 2.56. The van der Waals surface area contributed by atoms with Crippen molar-refractivity contribution in [3.05, 3.63) is 29.4 Å². The van der Waals surface area contributed by atoms with Gasteiger partial charge in [0.2, 0.25) is 5.95 Å². The van der Waals surface area contributed by atoms with E-state index in [4.69, 9.17) is 16.3 Å². The van der Waals surface area contributed by atoms with Crippen LogP contribution in [0.2, 0.25) is 5.02 Å². The number of ether oxygens (including phenoxy) is 1. The molecule has 0 radical (unpaired) electrons. The van der Waals surface area contributed by atoms with Crippen molar-refractivity contribution in [2.45, 2.75) is 38.1 Å². The molecule has 0 atom stereocenters. The molecule has 6 nitrogen and oxygen atoms in total. The Hall–Kier alpha value is -2.08. The van der Waals surface area contributed by atoms with E-state index in [2.05, 4.69) is 25.8 Å². The molecule has 122 valence electrons. The van der Waals surface area contributed by atoms with Gasteiger partial charge in [-0.25, -0.2) is 0 Å². The van der Waals surface area contributed by atoms with Crippen molar-refractivity contribution in [3.8, 4) is 5.75 Å². The Kier molecular flexibility index (Phi) is 5.12. The van der Waals surface area contributed by atoms with Gasteiger partial charge >= 0.3 is 0 Å². The number of hydrogen-bond acceptors (Lipinski definition) is 6. The maximum atomic E-state index is 6.04. The highest BCUT2D eigenvalue weighted by Gasteiger charge is 2.14. The van der Waals surface area contributed by atoms with Gasteiger partial charge in [-0.3, -0.25) is 0 Å². The van der Waals surface area contributed by atoms with Crippen LogP contribution < -0.4 is 15.4 Å². The topological polar surface area (TPSA) is 72.0 Å². The first-order valence-corrected chi connectivity index (χ1v) is 8.19. The van der Waals surface area contributed by atoms with E-state index >= 15 is 0 Å². The van der Waals surface area contributed by atoms with Crippen molar-refractivity contribution in [1.29, 1.82) is 0 Å². The fourth-order valence-corrected chi connectivity index (χ4v) is 2.94. The number of nitrogens with one attached hydrogen (secondary N) is 2. The quantitative estimate of drug-likeness (QED) is 0.861. The lowest BCUT2D eigenvalue weighted by atomic mass is 9.96. The molecule has 1 fully saturated rings. The average molecular weight is 334 g/mol. The van der Waals surface area contributed by atoms with Gasteiger partial charge in [0, 0.05) is 11.1 Å².